The number of allylic oxidation sites excluding steroid dienone is 1. The molecule has 2 fully saturated rings. The zero-order valence-electron chi connectivity index (χ0n) is 25.7. The molecule has 3 N–H and O–H groups in total. The summed E-state index contributed by atoms with van der Waals surface area (Å²) < 4.78 is 34.9. The van der Waals surface area contributed by atoms with Gasteiger partial charge in [-0.3, -0.25) is 4.79 Å². The summed E-state index contributed by atoms with van der Waals surface area (Å²) in [5, 5.41) is 8.60. The molecule has 1 aliphatic heterocycles. The zero-order valence-corrected chi connectivity index (χ0v) is 25.7. The predicted octanol–water partition coefficient (Wildman–Crippen LogP) is 3.30. The standard InChI is InChI=1S/C31H49N3O8/c1-23(2)12-16-40-30(3,4)28-27(37-5)25(11-13-31(28)22-41-31)42-29(36)33-15-18-39-20-19-38-17-14-32-26(35)21-34-24-9-7-6-8-10-24/h6-10,12,25,27-28,34H,11,13-22H2,1-5H3,(H,32,35)(H,33,36)/t25?,27?,28?,31-/m0/s1. The smallest absolute Gasteiger partial charge is 0.407 e. The lowest BCUT2D eigenvalue weighted by molar-refractivity contribution is -0.172. The van der Waals surface area contributed by atoms with Crippen LogP contribution in [0.3, 0.4) is 0 Å². The monoisotopic (exact) mass is 591 g/mol. The maximum Gasteiger partial charge on any atom is 0.407 e. The Kier molecular flexibility index (Phi) is 13.5. The number of hydrogen-bond acceptors (Lipinski definition) is 9. The van der Waals surface area contributed by atoms with Crippen molar-refractivity contribution in [3.05, 3.63) is 42.0 Å². The maximum absolute atomic E-state index is 12.6. The second-order valence-corrected chi connectivity index (χ2v) is 11.4. The summed E-state index contributed by atoms with van der Waals surface area (Å²) >= 11 is 0. The number of epoxide rings is 1. The molecule has 0 aromatic heterocycles. The average molecular weight is 592 g/mol. The van der Waals surface area contributed by atoms with Gasteiger partial charge in [0.15, 0.2) is 0 Å². The van der Waals surface area contributed by atoms with Gasteiger partial charge in [-0.25, -0.2) is 4.79 Å². The Bertz CT molecular complexity index is 995. The lowest BCUT2D eigenvalue weighted by atomic mass is 9.68. The molecule has 4 atom stereocenters. The highest BCUT2D eigenvalue weighted by Gasteiger charge is 2.64. The lowest BCUT2D eigenvalue weighted by Crippen LogP contribution is -2.59. The molecule has 1 aromatic carbocycles. The van der Waals surface area contributed by atoms with Crippen molar-refractivity contribution in [1.29, 1.82) is 0 Å². The Labute approximate surface area is 250 Å². The first kappa shape index (κ1) is 33.8. The van der Waals surface area contributed by atoms with Gasteiger partial charge in [0.2, 0.25) is 5.91 Å². The first-order valence-corrected chi connectivity index (χ1v) is 14.8. The van der Waals surface area contributed by atoms with Crippen molar-refractivity contribution < 1.29 is 38.0 Å². The van der Waals surface area contributed by atoms with Crippen molar-refractivity contribution in [2.45, 2.75) is 63.9 Å². The third-order valence-corrected chi connectivity index (χ3v) is 7.54. The summed E-state index contributed by atoms with van der Waals surface area (Å²) in [5.74, 6) is -0.191. The molecule has 236 valence electrons. The van der Waals surface area contributed by atoms with E-state index < -0.39 is 17.8 Å². The van der Waals surface area contributed by atoms with Crippen LogP contribution in [0, 0.1) is 5.92 Å². The largest absolute Gasteiger partial charge is 0.443 e. The van der Waals surface area contributed by atoms with Gasteiger partial charge in [-0.2, -0.15) is 0 Å². The second kappa shape index (κ2) is 16.8. The maximum atomic E-state index is 12.6. The van der Waals surface area contributed by atoms with Gasteiger partial charge in [0.05, 0.1) is 57.4 Å². The molecule has 11 heteroatoms. The highest BCUT2D eigenvalue weighted by molar-refractivity contribution is 5.80. The Morgan fingerprint density at radius 2 is 1.71 bits per heavy atom. The van der Waals surface area contributed by atoms with Crippen molar-refractivity contribution in [3.8, 4) is 0 Å². The molecule has 0 bridgehead atoms. The van der Waals surface area contributed by atoms with E-state index in [-0.39, 0.29) is 30.1 Å². The molecule has 11 nitrogen and oxygen atoms in total. The van der Waals surface area contributed by atoms with Crippen LogP contribution < -0.4 is 16.0 Å². The lowest BCUT2D eigenvalue weighted by Gasteiger charge is -2.47. The molecule has 1 spiro atoms. The summed E-state index contributed by atoms with van der Waals surface area (Å²) in [6.07, 6.45) is 2.22. The fourth-order valence-corrected chi connectivity index (χ4v) is 5.38. The highest BCUT2D eigenvalue weighted by Crippen LogP contribution is 2.52. The van der Waals surface area contributed by atoms with Crippen LogP contribution in [0.15, 0.2) is 42.0 Å². The molecular weight excluding hydrogens is 542 g/mol. The van der Waals surface area contributed by atoms with E-state index in [0.717, 1.165) is 12.1 Å². The number of para-hydroxylation sites is 1. The predicted molar refractivity (Wildman–Crippen MR) is 160 cm³/mol. The van der Waals surface area contributed by atoms with Crippen molar-refractivity contribution >= 4 is 17.7 Å². The molecule has 42 heavy (non-hydrogen) atoms. The van der Waals surface area contributed by atoms with Crippen LogP contribution in [0.1, 0.15) is 40.5 Å². The number of benzene rings is 1. The van der Waals surface area contributed by atoms with Crippen molar-refractivity contribution in [2.75, 3.05) is 71.7 Å². The fraction of sp³-hybridized carbons (Fsp3) is 0.677. The van der Waals surface area contributed by atoms with Gasteiger partial charge >= 0.3 is 6.09 Å². The summed E-state index contributed by atoms with van der Waals surface area (Å²) in [6, 6.07) is 9.55. The number of nitrogens with one attached hydrogen (secondary N) is 3. The third kappa shape index (κ3) is 10.9. The van der Waals surface area contributed by atoms with Crippen LogP contribution in [0.25, 0.3) is 0 Å². The summed E-state index contributed by atoms with van der Waals surface area (Å²) in [6.45, 7) is 11.7. The molecule has 0 radical (unpaired) electrons. The Morgan fingerprint density at radius 3 is 2.33 bits per heavy atom. The van der Waals surface area contributed by atoms with Crippen molar-refractivity contribution in [3.63, 3.8) is 0 Å². The summed E-state index contributed by atoms with van der Waals surface area (Å²) in [4.78, 5) is 24.4. The number of alkyl carbamates (subject to hydrolysis) is 1. The average Bonchev–Trinajstić information content (AvgIpc) is 3.73. The highest BCUT2D eigenvalue weighted by atomic mass is 16.6. The molecule has 3 rings (SSSR count). The molecule has 1 heterocycles. The normalized spacial score (nSPS) is 23.2. The molecule has 3 unspecified atom stereocenters. The number of carbonyl (C=O) groups excluding carboxylic acids is 2. The van der Waals surface area contributed by atoms with Gasteiger partial charge in [-0.05, 0) is 52.7 Å². The second-order valence-electron chi connectivity index (χ2n) is 11.4. The number of amides is 2. The number of methoxy groups -OCH3 is 1. The van der Waals surface area contributed by atoms with Gasteiger partial charge in [-0.1, -0.05) is 29.8 Å². The zero-order chi connectivity index (χ0) is 30.4. The van der Waals surface area contributed by atoms with Crippen molar-refractivity contribution in [2.24, 2.45) is 5.92 Å². The molecule has 1 aliphatic carbocycles. The number of carbonyl (C=O) groups is 2. The topological polar surface area (TPSA) is 129 Å². The quantitative estimate of drug-likeness (QED) is 0.134. The van der Waals surface area contributed by atoms with E-state index in [4.69, 9.17) is 28.4 Å². The van der Waals surface area contributed by atoms with E-state index in [0.29, 0.717) is 59.2 Å². The van der Waals surface area contributed by atoms with E-state index in [2.05, 4.69) is 35.9 Å². The van der Waals surface area contributed by atoms with Gasteiger partial charge in [0.25, 0.3) is 0 Å². The summed E-state index contributed by atoms with van der Waals surface area (Å²) in [7, 11) is 1.65. The van der Waals surface area contributed by atoms with Crippen LogP contribution in [0.5, 0.6) is 0 Å². The van der Waals surface area contributed by atoms with E-state index >= 15 is 0 Å². The van der Waals surface area contributed by atoms with E-state index in [1.807, 2.05) is 44.2 Å². The SMILES string of the molecule is COC1C(OC(=O)NCCOCCOCCNC(=O)CNc2ccccc2)CC[C@]2(CO2)C1C(C)(C)OCC=C(C)C. The summed E-state index contributed by atoms with van der Waals surface area (Å²) in [5.41, 5.74) is 1.25. The van der Waals surface area contributed by atoms with Crippen LogP contribution >= 0.6 is 0 Å². The minimum Gasteiger partial charge on any atom is -0.443 e. The fourth-order valence-electron chi connectivity index (χ4n) is 5.38. The number of anilines is 1. The number of rotatable bonds is 18. The molecule has 1 saturated heterocycles. The molecule has 2 aliphatic rings. The van der Waals surface area contributed by atoms with Gasteiger partial charge < -0.3 is 44.4 Å². The van der Waals surface area contributed by atoms with Gasteiger partial charge in [0, 0.05) is 31.8 Å². The van der Waals surface area contributed by atoms with Crippen LogP contribution in [-0.2, 0) is 33.2 Å². The minimum absolute atomic E-state index is 0.0882. The van der Waals surface area contributed by atoms with Gasteiger partial charge in [0.1, 0.15) is 12.2 Å². The van der Waals surface area contributed by atoms with Crippen molar-refractivity contribution in [1.82, 2.24) is 10.6 Å². The Balaban J connectivity index is 1.26. The first-order chi connectivity index (χ1) is 20.2. The number of ether oxygens (including phenoxy) is 6. The van der Waals surface area contributed by atoms with Crippen LogP contribution in [0.4, 0.5) is 10.5 Å². The molecular formula is C31H49N3O8. The molecule has 2 amide bonds. The Morgan fingerprint density at radius 1 is 1.05 bits per heavy atom. The Hall–Kier alpha value is -2.70. The van der Waals surface area contributed by atoms with Crippen LogP contribution in [-0.4, -0.2) is 102 Å². The number of hydrogen-bond donors (Lipinski definition) is 3. The van der Waals surface area contributed by atoms with E-state index in [1.165, 1.54) is 5.57 Å². The minimum atomic E-state index is -0.539. The van der Waals surface area contributed by atoms with E-state index in [1.54, 1.807) is 7.11 Å². The first-order valence-electron chi connectivity index (χ1n) is 14.8. The van der Waals surface area contributed by atoms with Gasteiger partial charge in [-0.15, -0.1) is 0 Å². The van der Waals surface area contributed by atoms with Crippen LogP contribution in [0.2, 0.25) is 0 Å². The molecule has 1 aromatic rings. The molecule has 1 saturated carbocycles. The van der Waals surface area contributed by atoms with E-state index in [9.17, 15) is 9.59 Å². The third-order valence-electron chi connectivity index (χ3n) is 7.54.